The largest absolute Gasteiger partial charge is 0.491 e. The molecule has 0 aliphatic carbocycles. The maximum absolute atomic E-state index is 10.1. The van der Waals surface area contributed by atoms with Crippen LogP contribution in [-0.2, 0) is 5.41 Å². The molecule has 33 heavy (non-hydrogen) atoms. The predicted octanol–water partition coefficient (Wildman–Crippen LogP) is 3.89. The third-order valence-corrected chi connectivity index (χ3v) is 6.31. The number of aliphatic hydroxyl groups excluding tert-OH is 2. The molecule has 0 spiro atoms. The minimum absolute atomic E-state index is 0.138. The van der Waals surface area contributed by atoms with E-state index in [0.717, 1.165) is 20.4 Å². The van der Waals surface area contributed by atoms with E-state index < -0.39 is 12.2 Å². The van der Waals surface area contributed by atoms with Gasteiger partial charge in [0.1, 0.15) is 43.3 Å². The number of alkyl halides is 1. The number of rotatable bonds is 12. The van der Waals surface area contributed by atoms with E-state index in [0.29, 0.717) is 12.3 Å². The first-order chi connectivity index (χ1) is 15.7. The van der Waals surface area contributed by atoms with Gasteiger partial charge in [-0.15, -0.1) is 11.6 Å². The van der Waals surface area contributed by atoms with Crippen molar-refractivity contribution in [2.45, 2.75) is 31.5 Å². The van der Waals surface area contributed by atoms with Gasteiger partial charge in [0.25, 0.3) is 0 Å². The minimum atomic E-state index is -0.691. The van der Waals surface area contributed by atoms with Crippen LogP contribution in [0.4, 0.5) is 0 Å². The highest BCUT2D eigenvalue weighted by molar-refractivity contribution is 14.1. The van der Waals surface area contributed by atoms with Crippen molar-refractivity contribution in [1.82, 2.24) is 4.90 Å². The molecule has 0 saturated heterocycles. The number of aliphatic imine (C=N–C) groups is 1. The summed E-state index contributed by atoms with van der Waals surface area (Å²) in [6.45, 7) is 4.99. The lowest BCUT2D eigenvalue weighted by molar-refractivity contribution is 0.0923. The maximum Gasteiger partial charge on any atom is 0.132 e. The van der Waals surface area contributed by atoms with E-state index in [1.54, 1.807) is 11.9 Å². The van der Waals surface area contributed by atoms with Gasteiger partial charge in [0.15, 0.2) is 0 Å². The normalized spacial score (nSPS) is 13.4. The molecule has 178 valence electrons. The van der Waals surface area contributed by atoms with E-state index in [1.165, 1.54) is 6.34 Å². The fraction of sp³-hybridized carbons (Fsp3) is 0.400. The molecule has 2 aromatic rings. The summed E-state index contributed by atoms with van der Waals surface area (Å²) < 4.78 is 12.4. The second kappa shape index (κ2) is 13.0. The third kappa shape index (κ3) is 8.38. The minimum Gasteiger partial charge on any atom is -0.491 e. The van der Waals surface area contributed by atoms with Crippen LogP contribution in [-0.4, -0.2) is 66.3 Å². The van der Waals surface area contributed by atoms with E-state index in [1.807, 2.05) is 36.4 Å². The summed E-state index contributed by atoms with van der Waals surface area (Å²) in [5.74, 6) is 1.54. The molecular formula is C25H30ClIN2O4. The number of hydrogen-bond acceptors (Lipinski definition) is 5. The average molecular weight is 585 g/mol. The quantitative estimate of drug-likeness (QED) is 0.130. The summed E-state index contributed by atoms with van der Waals surface area (Å²) in [5.41, 5.74) is 2.02. The highest BCUT2D eigenvalue weighted by Gasteiger charge is 2.24. The summed E-state index contributed by atoms with van der Waals surface area (Å²) in [7, 11) is 1.78. The Bertz CT molecular complexity index is 960. The van der Waals surface area contributed by atoms with Crippen LogP contribution >= 0.6 is 34.2 Å². The first-order valence-corrected chi connectivity index (χ1v) is 12.1. The Labute approximate surface area is 214 Å². The van der Waals surface area contributed by atoms with Crippen molar-refractivity contribution in [1.29, 1.82) is 0 Å². The van der Waals surface area contributed by atoms with Crippen molar-refractivity contribution in [3.8, 4) is 24.0 Å². The zero-order valence-electron chi connectivity index (χ0n) is 19.0. The summed E-state index contributed by atoms with van der Waals surface area (Å²) in [5, 5.41) is 19.7. The molecule has 0 heterocycles. The zero-order valence-corrected chi connectivity index (χ0v) is 22.0. The van der Waals surface area contributed by atoms with Gasteiger partial charge in [-0.2, -0.15) is 4.99 Å². The molecular weight excluding hydrogens is 555 g/mol. The Hall–Kier alpha value is -1.99. The van der Waals surface area contributed by atoms with Gasteiger partial charge in [0.05, 0.1) is 9.45 Å². The lowest BCUT2D eigenvalue weighted by Gasteiger charge is -2.27. The van der Waals surface area contributed by atoms with Crippen LogP contribution in [0, 0.1) is 16.0 Å². The van der Waals surface area contributed by atoms with Gasteiger partial charge in [0.2, 0.25) is 0 Å². The van der Waals surface area contributed by atoms with Crippen molar-refractivity contribution < 1.29 is 19.7 Å². The van der Waals surface area contributed by atoms with Crippen LogP contribution in [0.1, 0.15) is 25.0 Å². The highest BCUT2D eigenvalue weighted by Crippen LogP contribution is 2.35. The van der Waals surface area contributed by atoms with E-state index in [-0.39, 0.29) is 24.5 Å². The number of hydrogen-bond donors (Lipinski definition) is 2. The molecule has 2 N–H and O–H groups in total. The molecule has 2 aromatic carbocycles. The molecule has 6 nitrogen and oxygen atoms in total. The second-order valence-corrected chi connectivity index (χ2v) is 9.66. The molecule has 0 aromatic heterocycles. The van der Waals surface area contributed by atoms with Crippen molar-refractivity contribution >= 4 is 40.5 Å². The van der Waals surface area contributed by atoms with Gasteiger partial charge in [-0.05, 0) is 58.0 Å². The van der Waals surface area contributed by atoms with Gasteiger partial charge < -0.3 is 24.6 Å². The topological polar surface area (TPSA) is 74.5 Å². The summed E-state index contributed by atoms with van der Waals surface area (Å²) in [6, 6.07) is 16.1. The van der Waals surface area contributed by atoms with E-state index in [9.17, 15) is 10.2 Å². The van der Waals surface area contributed by atoms with E-state index >= 15 is 0 Å². The Kier molecular flexibility index (Phi) is 10.8. The van der Waals surface area contributed by atoms with E-state index in [2.05, 4.69) is 53.5 Å². The van der Waals surface area contributed by atoms with Gasteiger partial charge in [-0.25, -0.2) is 0 Å². The smallest absolute Gasteiger partial charge is 0.132 e. The first-order valence-electron chi connectivity index (χ1n) is 10.4. The molecule has 0 unspecified atom stereocenters. The van der Waals surface area contributed by atoms with Crippen LogP contribution in [0.15, 0.2) is 47.5 Å². The van der Waals surface area contributed by atoms with Gasteiger partial charge >= 0.3 is 0 Å². The Morgan fingerprint density at radius 1 is 1.12 bits per heavy atom. The van der Waals surface area contributed by atoms with Crippen LogP contribution < -0.4 is 9.47 Å². The number of terminal acetylenes is 1. The van der Waals surface area contributed by atoms with Crippen molar-refractivity contribution in [3.05, 3.63) is 57.2 Å². The Morgan fingerprint density at radius 2 is 1.76 bits per heavy atom. The summed E-state index contributed by atoms with van der Waals surface area (Å²) in [6.07, 6.45) is 5.20. The summed E-state index contributed by atoms with van der Waals surface area (Å²) in [4.78, 5) is 5.39. The second-order valence-electron chi connectivity index (χ2n) is 8.19. The maximum atomic E-state index is 10.1. The Balaban J connectivity index is 2.00. The molecule has 0 bridgehead atoms. The molecule has 8 heteroatoms. The highest BCUT2D eigenvalue weighted by atomic mass is 127. The molecule has 2 atom stereocenters. The van der Waals surface area contributed by atoms with Crippen molar-refractivity contribution in [3.63, 3.8) is 0 Å². The number of nitrogens with zero attached hydrogens (tertiary/aromatic N) is 2. The lowest BCUT2D eigenvalue weighted by atomic mass is 9.78. The fourth-order valence-corrected chi connectivity index (χ4v) is 3.89. The number of benzene rings is 2. The molecule has 0 saturated carbocycles. The molecule has 2 rings (SSSR count). The summed E-state index contributed by atoms with van der Waals surface area (Å²) >= 11 is 7.87. The van der Waals surface area contributed by atoms with Crippen LogP contribution in [0.25, 0.3) is 0 Å². The zero-order chi connectivity index (χ0) is 24.4. The number of aliphatic hydroxyl groups is 2. The average Bonchev–Trinajstić information content (AvgIpc) is 2.80. The standard InChI is InChI=1S/C25H30ClIN2O4/c1-5-28-17-29(4)14-21(31)16-32-22-9-6-18(7-10-22)25(2,3)19-8-11-24(23(27)12-19)33-15-20(30)13-26/h1,6-12,17,20-21,30-31H,13-16H2,2-4H3/b28-17-/t20-,21+/m1/s1. The van der Waals surface area contributed by atoms with Crippen molar-refractivity contribution in [2.24, 2.45) is 4.99 Å². The molecule has 0 amide bonds. The van der Waals surface area contributed by atoms with E-state index in [4.69, 9.17) is 27.5 Å². The number of likely N-dealkylation sites (N-methyl/N-ethyl adjacent to an activating group) is 1. The SMILES string of the molecule is C#C/N=C\N(C)C[C@H](O)COc1ccc(C(C)(C)c2ccc(OC[C@H](O)CCl)c(I)c2)cc1. The van der Waals surface area contributed by atoms with Gasteiger partial charge in [-0.3, -0.25) is 0 Å². The van der Waals surface area contributed by atoms with Gasteiger partial charge in [-0.1, -0.05) is 38.5 Å². The molecule has 0 fully saturated rings. The third-order valence-electron chi connectivity index (χ3n) is 5.11. The number of halogens is 2. The monoisotopic (exact) mass is 584 g/mol. The Morgan fingerprint density at radius 3 is 2.36 bits per heavy atom. The van der Waals surface area contributed by atoms with Gasteiger partial charge in [0, 0.05) is 25.1 Å². The lowest BCUT2D eigenvalue weighted by Crippen LogP contribution is -2.32. The number of ether oxygens (including phenoxy) is 2. The molecule has 0 aliphatic rings. The predicted molar refractivity (Wildman–Crippen MR) is 141 cm³/mol. The van der Waals surface area contributed by atoms with Crippen LogP contribution in [0.2, 0.25) is 0 Å². The van der Waals surface area contributed by atoms with Crippen LogP contribution in [0.5, 0.6) is 11.5 Å². The van der Waals surface area contributed by atoms with Crippen LogP contribution in [0.3, 0.4) is 0 Å². The fourth-order valence-electron chi connectivity index (χ4n) is 3.13. The molecule has 0 radical (unpaired) electrons. The molecule has 0 aliphatic heterocycles. The first kappa shape index (κ1) is 27.3. The van der Waals surface area contributed by atoms with Crippen molar-refractivity contribution in [2.75, 3.05) is 32.7 Å².